The molecule has 0 aliphatic rings. The van der Waals surface area contributed by atoms with Gasteiger partial charge in [-0.2, -0.15) is 0 Å². The van der Waals surface area contributed by atoms with Crippen LogP contribution in [0.3, 0.4) is 0 Å². The lowest BCUT2D eigenvalue weighted by Crippen LogP contribution is -1.92. The van der Waals surface area contributed by atoms with Crippen molar-refractivity contribution in [1.82, 2.24) is 0 Å². The molecule has 0 fully saturated rings. The van der Waals surface area contributed by atoms with Crippen LogP contribution in [0.1, 0.15) is 5.56 Å². The van der Waals surface area contributed by atoms with E-state index in [2.05, 4.69) is 42.5 Å². The number of fused-ring (bicyclic) bond motifs is 1. The smallest absolute Gasteiger partial charge is 0.0410 e. The minimum absolute atomic E-state index is 0.730. The van der Waals surface area contributed by atoms with Gasteiger partial charge in [0.2, 0.25) is 0 Å². The summed E-state index contributed by atoms with van der Waals surface area (Å²) in [5.74, 6) is 0.824. The molecule has 0 spiro atoms. The molecule has 100 valence electrons. The van der Waals surface area contributed by atoms with Gasteiger partial charge in [-0.15, -0.1) is 11.8 Å². The van der Waals surface area contributed by atoms with Crippen molar-refractivity contribution < 1.29 is 0 Å². The third kappa shape index (κ3) is 2.92. The molecule has 20 heavy (non-hydrogen) atoms. The highest BCUT2D eigenvalue weighted by molar-refractivity contribution is 7.98. The lowest BCUT2D eigenvalue weighted by molar-refractivity contribution is 1.39. The van der Waals surface area contributed by atoms with Crippen LogP contribution in [0.5, 0.6) is 0 Å². The summed E-state index contributed by atoms with van der Waals surface area (Å²) in [6.07, 6.45) is 0. The van der Waals surface area contributed by atoms with Gasteiger partial charge in [-0.3, -0.25) is 0 Å². The van der Waals surface area contributed by atoms with Gasteiger partial charge in [0.25, 0.3) is 0 Å². The van der Waals surface area contributed by atoms with Crippen LogP contribution < -0.4 is 5.73 Å². The van der Waals surface area contributed by atoms with Gasteiger partial charge in [0.15, 0.2) is 0 Å². The first-order valence-corrected chi connectivity index (χ1v) is 7.74. The predicted molar refractivity (Wildman–Crippen MR) is 89.4 cm³/mol. The molecule has 1 nitrogen and oxygen atoms in total. The molecule has 0 radical (unpaired) electrons. The van der Waals surface area contributed by atoms with Gasteiger partial charge in [0.1, 0.15) is 0 Å². The quantitative estimate of drug-likeness (QED) is 0.520. The normalized spacial score (nSPS) is 10.8. The highest BCUT2D eigenvalue weighted by Crippen LogP contribution is 2.29. The van der Waals surface area contributed by atoms with E-state index in [0.29, 0.717) is 0 Å². The zero-order chi connectivity index (χ0) is 13.9. The molecule has 0 bridgehead atoms. The van der Waals surface area contributed by atoms with Crippen LogP contribution >= 0.6 is 23.4 Å². The average Bonchev–Trinajstić information content (AvgIpc) is 2.48. The molecule has 0 unspecified atom stereocenters. The van der Waals surface area contributed by atoms with Gasteiger partial charge in [0.05, 0.1) is 0 Å². The third-order valence-electron chi connectivity index (χ3n) is 3.22. The summed E-state index contributed by atoms with van der Waals surface area (Å²) in [5, 5.41) is 3.25. The molecule has 0 aliphatic carbocycles. The van der Waals surface area contributed by atoms with Crippen molar-refractivity contribution in [3.8, 4) is 0 Å². The molecule has 0 saturated carbocycles. The van der Waals surface area contributed by atoms with Crippen LogP contribution in [0, 0.1) is 0 Å². The Hall–Kier alpha value is -1.64. The Bertz CT molecular complexity index is 755. The molecule has 3 aromatic rings. The van der Waals surface area contributed by atoms with Gasteiger partial charge in [-0.1, -0.05) is 41.9 Å². The number of benzene rings is 3. The van der Waals surface area contributed by atoms with Gasteiger partial charge < -0.3 is 5.73 Å². The second-order valence-corrected chi connectivity index (χ2v) is 6.13. The maximum atomic E-state index is 6.01. The molecular formula is C17H14ClNS. The Kier molecular flexibility index (Phi) is 3.86. The molecule has 0 atom stereocenters. The van der Waals surface area contributed by atoms with E-state index in [1.807, 2.05) is 18.2 Å². The standard InChI is InChI=1S/C17H14ClNS/c18-15-6-8-17(19)14(9-15)11-20-16-7-5-12-3-1-2-4-13(12)10-16/h1-10H,11,19H2. The van der Waals surface area contributed by atoms with E-state index in [-0.39, 0.29) is 0 Å². The molecule has 0 heterocycles. The van der Waals surface area contributed by atoms with Crippen molar-refractivity contribution in [2.75, 3.05) is 5.73 Å². The van der Waals surface area contributed by atoms with E-state index < -0.39 is 0 Å². The summed E-state index contributed by atoms with van der Waals surface area (Å²) in [6, 6.07) is 20.5. The molecule has 3 aromatic carbocycles. The second-order valence-electron chi connectivity index (χ2n) is 4.64. The summed E-state index contributed by atoms with van der Waals surface area (Å²) in [5.41, 5.74) is 7.85. The first-order chi connectivity index (χ1) is 9.72. The van der Waals surface area contributed by atoms with Gasteiger partial charge in [-0.05, 0) is 46.7 Å². The summed E-state index contributed by atoms with van der Waals surface area (Å²) < 4.78 is 0. The topological polar surface area (TPSA) is 26.0 Å². The Morgan fingerprint density at radius 3 is 2.55 bits per heavy atom. The van der Waals surface area contributed by atoms with Gasteiger partial charge in [0, 0.05) is 21.4 Å². The Labute approximate surface area is 127 Å². The van der Waals surface area contributed by atoms with Crippen LogP contribution in [-0.2, 0) is 5.75 Å². The highest BCUT2D eigenvalue weighted by atomic mass is 35.5. The number of nitrogen functional groups attached to an aromatic ring is 1. The highest BCUT2D eigenvalue weighted by Gasteiger charge is 2.03. The fourth-order valence-electron chi connectivity index (χ4n) is 2.12. The van der Waals surface area contributed by atoms with Crippen LogP contribution in [0.15, 0.2) is 65.6 Å². The molecule has 0 aromatic heterocycles. The molecular weight excluding hydrogens is 286 g/mol. The Morgan fingerprint density at radius 1 is 0.900 bits per heavy atom. The number of halogens is 1. The minimum Gasteiger partial charge on any atom is -0.398 e. The number of hydrogen-bond acceptors (Lipinski definition) is 2. The fraction of sp³-hybridized carbons (Fsp3) is 0.0588. The van der Waals surface area contributed by atoms with Gasteiger partial charge >= 0.3 is 0 Å². The van der Waals surface area contributed by atoms with Crippen LogP contribution in [0.4, 0.5) is 5.69 Å². The van der Waals surface area contributed by atoms with E-state index in [0.717, 1.165) is 22.0 Å². The molecule has 2 N–H and O–H groups in total. The van der Waals surface area contributed by atoms with E-state index in [4.69, 9.17) is 17.3 Å². The maximum absolute atomic E-state index is 6.01. The number of thioether (sulfide) groups is 1. The monoisotopic (exact) mass is 299 g/mol. The predicted octanol–water partition coefficient (Wildman–Crippen LogP) is 5.37. The molecule has 3 rings (SSSR count). The van der Waals surface area contributed by atoms with Crippen molar-refractivity contribution in [3.63, 3.8) is 0 Å². The largest absolute Gasteiger partial charge is 0.398 e. The first-order valence-electron chi connectivity index (χ1n) is 6.38. The van der Waals surface area contributed by atoms with Crippen LogP contribution in [0.2, 0.25) is 5.02 Å². The molecule has 0 saturated heterocycles. The lowest BCUT2D eigenvalue weighted by Gasteiger charge is -2.07. The summed E-state index contributed by atoms with van der Waals surface area (Å²) >= 11 is 7.78. The minimum atomic E-state index is 0.730. The van der Waals surface area contributed by atoms with E-state index in [9.17, 15) is 0 Å². The zero-order valence-corrected chi connectivity index (χ0v) is 12.4. The van der Waals surface area contributed by atoms with E-state index >= 15 is 0 Å². The number of hydrogen-bond donors (Lipinski definition) is 1. The number of rotatable bonds is 3. The molecule has 0 amide bonds. The Morgan fingerprint density at radius 2 is 1.70 bits per heavy atom. The average molecular weight is 300 g/mol. The van der Waals surface area contributed by atoms with Crippen molar-refractivity contribution in [1.29, 1.82) is 0 Å². The lowest BCUT2D eigenvalue weighted by atomic mass is 10.1. The third-order valence-corrected chi connectivity index (χ3v) is 4.50. The number of anilines is 1. The van der Waals surface area contributed by atoms with E-state index in [1.54, 1.807) is 11.8 Å². The first kappa shape index (κ1) is 13.3. The SMILES string of the molecule is Nc1ccc(Cl)cc1CSc1ccc2ccccc2c1. The number of nitrogens with two attached hydrogens (primary N) is 1. The summed E-state index contributed by atoms with van der Waals surface area (Å²) in [4.78, 5) is 1.24. The summed E-state index contributed by atoms with van der Waals surface area (Å²) in [7, 11) is 0. The van der Waals surface area contributed by atoms with Crippen LogP contribution in [-0.4, -0.2) is 0 Å². The second kappa shape index (κ2) is 5.78. The van der Waals surface area contributed by atoms with E-state index in [1.165, 1.54) is 15.7 Å². The Balaban J connectivity index is 1.81. The summed E-state index contributed by atoms with van der Waals surface area (Å²) in [6.45, 7) is 0. The molecule has 0 aliphatic heterocycles. The van der Waals surface area contributed by atoms with Crippen molar-refractivity contribution in [3.05, 3.63) is 71.2 Å². The fourth-order valence-corrected chi connectivity index (χ4v) is 3.26. The molecule has 3 heteroatoms. The van der Waals surface area contributed by atoms with Gasteiger partial charge in [-0.25, -0.2) is 0 Å². The van der Waals surface area contributed by atoms with Crippen molar-refractivity contribution >= 4 is 39.8 Å². The zero-order valence-electron chi connectivity index (χ0n) is 10.8. The van der Waals surface area contributed by atoms with Crippen molar-refractivity contribution in [2.24, 2.45) is 0 Å². The van der Waals surface area contributed by atoms with Crippen molar-refractivity contribution in [2.45, 2.75) is 10.6 Å². The van der Waals surface area contributed by atoms with Crippen LogP contribution in [0.25, 0.3) is 10.8 Å². The maximum Gasteiger partial charge on any atom is 0.0410 e.